The van der Waals surface area contributed by atoms with Gasteiger partial charge in [-0.15, -0.1) is 0 Å². The van der Waals surface area contributed by atoms with Gasteiger partial charge in [-0.25, -0.2) is 4.98 Å². The monoisotopic (exact) mass is 391 g/mol. The summed E-state index contributed by atoms with van der Waals surface area (Å²) in [6.07, 6.45) is 6.84. The molecule has 0 N–H and O–H groups in total. The predicted octanol–water partition coefficient (Wildman–Crippen LogP) is 6.01. The van der Waals surface area contributed by atoms with Gasteiger partial charge in [-0.1, -0.05) is 74.0 Å². The number of hydrogen-bond acceptors (Lipinski definition) is 2. The Morgan fingerprint density at radius 1 is 0.900 bits per heavy atom. The molecule has 0 amide bonds. The molecule has 3 nitrogen and oxygen atoms in total. The fourth-order valence-corrected chi connectivity index (χ4v) is 3.82. The summed E-state index contributed by atoms with van der Waals surface area (Å²) < 4.78 is 2.23. The molecule has 0 spiro atoms. The Balaban J connectivity index is 1.58. The van der Waals surface area contributed by atoms with Gasteiger partial charge < -0.3 is 4.57 Å². The molecule has 0 aliphatic heterocycles. The minimum Gasteiger partial charge on any atom is -0.330 e. The Kier molecular flexibility index (Phi) is 6.06. The van der Waals surface area contributed by atoms with Gasteiger partial charge in [0.05, 0.1) is 18.0 Å². The van der Waals surface area contributed by atoms with Crippen LogP contribution in [0.1, 0.15) is 41.3 Å². The van der Waals surface area contributed by atoms with E-state index in [0.29, 0.717) is 5.56 Å². The van der Waals surface area contributed by atoms with Gasteiger partial charge in [-0.2, -0.15) is 5.26 Å². The zero-order valence-electron chi connectivity index (χ0n) is 17.3. The summed E-state index contributed by atoms with van der Waals surface area (Å²) in [5.74, 6) is 0. The molecule has 3 heteroatoms. The third-order valence-corrected chi connectivity index (χ3v) is 5.44. The van der Waals surface area contributed by atoms with Crippen molar-refractivity contribution in [2.75, 3.05) is 0 Å². The fraction of sp³-hybridized carbons (Fsp3) is 0.185. The van der Waals surface area contributed by atoms with Crippen LogP contribution < -0.4 is 0 Å². The molecule has 1 aromatic heterocycles. The number of nitrogens with zero attached hydrogens (tertiary/aromatic N) is 3. The van der Waals surface area contributed by atoms with Crippen molar-refractivity contribution in [1.29, 1.82) is 5.26 Å². The average Bonchev–Trinajstić information content (AvgIpc) is 3.22. The van der Waals surface area contributed by atoms with Crippen molar-refractivity contribution >= 4 is 0 Å². The summed E-state index contributed by atoms with van der Waals surface area (Å²) in [7, 11) is 0. The molecule has 148 valence electrons. The molecule has 0 bridgehead atoms. The molecule has 0 atom stereocenters. The van der Waals surface area contributed by atoms with Crippen molar-refractivity contribution in [3.63, 3.8) is 0 Å². The maximum Gasteiger partial charge on any atom is 0.0991 e. The van der Waals surface area contributed by atoms with Gasteiger partial charge in [0.2, 0.25) is 0 Å². The summed E-state index contributed by atoms with van der Waals surface area (Å²) in [6, 6.07) is 27.3. The summed E-state index contributed by atoms with van der Waals surface area (Å²) in [4.78, 5) is 4.40. The predicted molar refractivity (Wildman–Crippen MR) is 121 cm³/mol. The second-order valence-electron chi connectivity index (χ2n) is 7.60. The first-order valence-corrected chi connectivity index (χ1v) is 10.4. The lowest BCUT2D eigenvalue weighted by Gasteiger charge is -2.14. The third kappa shape index (κ3) is 4.50. The van der Waals surface area contributed by atoms with E-state index in [4.69, 9.17) is 5.26 Å². The molecule has 0 aliphatic rings. The van der Waals surface area contributed by atoms with Crippen LogP contribution >= 0.6 is 0 Å². The zero-order chi connectivity index (χ0) is 20.8. The number of imidazole rings is 1. The smallest absolute Gasteiger partial charge is 0.0991 e. The quantitative estimate of drug-likeness (QED) is 0.387. The second kappa shape index (κ2) is 9.24. The molecule has 4 rings (SSSR count). The molecule has 0 unspecified atom stereocenters. The first-order valence-electron chi connectivity index (χ1n) is 10.4. The van der Waals surface area contributed by atoms with E-state index in [1.54, 1.807) is 0 Å². The highest BCUT2D eigenvalue weighted by Crippen LogP contribution is 2.24. The van der Waals surface area contributed by atoms with Crippen LogP contribution in [0.25, 0.3) is 11.1 Å². The van der Waals surface area contributed by atoms with E-state index in [9.17, 15) is 0 Å². The lowest BCUT2D eigenvalue weighted by molar-refractivity contribution is 0.741. The number of hydrogen-bond donors (Lipinski definition) is 0. The zero-order valence-corrected chi connectivity index (χ0v) is 17.3. The molecule has 4 aromatic rings. The molecule has 0 saturated heterocycles. The van der Waals surface area contributed by atoms with E-state index >= 15 is 0 Å². The topological polar surface area (TPSA) is 41.6 Å². The van der Waals surface area contributed by atoms with Crippen LogP contribution in [0.15, 0.2) is 85.3 Å². The Bertz CT molecular complexity index is 1150. The van der Waals surface area contributed by atoms with Crippen LogP contribution in [0.3, 0.4) is 0 Å². The summed E-state index contributed by atoms with van der Waals surface area (Å²) in [6.45, 7) is 3.04. The summed E-state index contributed by atoms with van der Waals surface area (Å²) in [5.41, 5.74) is 8.32. The molecule has 0 saturated carbocycles. The first kappa shape index (κ1) is 19.7. The van der Waals surface area contributed by atoms with E-state index < -0.39 is 0 Å². The lowest BCUT2D eigenvalue weighted by Crippen LogP contribution is -2.06. The SMILES string of the molecule is CCCc1cc(-c2ccccc2)ccc1Cn1cncc1Cc1ccc(C#N)cc1. The maximum atomic E-state index is 8.99. The molecule has 3 aromatic carbocycles. The van der Waals surface area contributed by atoms with Crippen molar-refractivity contribution < 1.29 is 0 Å². The van der Waals surface area contributed by atoms with Gasteiger partial charge in [-0.05, 0) is 46.4 Å². The molecule has 1 heterocycles. The molecule has 0 radical (unpaired) electrons. The minimum atomic E-state index is 0.690. The molecular formula is C27H25N3. The van der Waals surface area contributed by atoms with Gasteiger partial charge in [-0.3, -0.25) is 0 Å². The molecular weight excluding hydrogens is 366 g/mol. The largest absolute Gasteiger partial charge is 0.330 e. The van der Waals surface area contributed by atoms with Crippen LogP contribution in [-0.4, -0.2) is 9.55 Å². The van der Waals surface area contributed by atoms with Crippen molar-refractivity contribution in [2.24, 2.45) is 0 Å². The Hall–Kier alpha value is -3.64. The Morgan fingerprint density at radius 2 is 1.70 bits per heavy atom. The Morgan fingerprint density at radius 3 is 2.43 bits per heavy atom. The van der Waals surface area contributed by atoms with Crippen molar-refractivity contribution in [2.45, 2.75) is 32.7 Å². The van der Waals surface area contributed by atoms with Crippen LogP contribution in [0.2, 0.25) is 0 Å². The summed E-state index contributed by atoms with van der Waals surface area (Å²) >= 11 is 0. The number of nitriles is 1. The highest BCUT2D eigenvalue weighted by Gasteiger charge is 2.09. The third-order valence-electron chi connectivity index (χ3n) is 5.44. The summed E-state index contributed by atoms with van der Waals surface area (Å²) in [5, 5.41) is 8.99. The lowest BCUT2D eigenvalue weighted by atomic mass is 9.96. The van der Waals surface area contributed by atoms with Gasteiger partial charge >= 0.3 is 0 Å². The Labute approximate surface area is 178 Å². The minimum absolute atomic E-state index is 0.690. The fourth-order valence-electron chi connectivity index (χ4n) is 3.82. The van der Waals surface area contributed by atoms with Crippen molar-refractivity contribution in [1.82, 2.24) is 9.55 Å². The van der Waals surface area contributed by atoms with E-state index in [1.807, 2.05) is 36.8 Å². The van der Waals surface area contributed by atoms with Gasteiger partial charge in [0, 0.05) is 24.9 Å². The number of benzene rings is 3. The van der Waals surface area contributed by atoms with Gasteiger partial charge in [0.25, 0.3) is 0 Å². The standard InChI is InChI=1S/C27H25N3/c1-2-6-24-16-25(23-7-4-3-5-8-23)13-14-26(24)19-30-20-29-18-27(30)15-21-9-11-22(17-28)12-10-21/h3-5,7-14,16,18,20H,2,6,15,19H2,1H3. The van der Waals surface area contributed by atoms with Crippen LogP contribution in [0.4, 0.5) is 0 Å². The van der Waals surface area contributed by atoms with Gasteiger partial charge in [0.15, 0.2) is 0 Å². The molecule has 0 aliphatic carbocycles. The van der Waals surface area contributed by atoms with E-state index in [0.717, 1.165) is 25.8 Å². The second-order valence-corrected chi connectivity index (χ2v) is 7.60. The molecule has 30 heavy (non-hydrogen) atoms. The number of aromatic nitrogens is 2. The molecule has 0 fully saturated rings. The van der Waals surface area contributed by atoms with Crippen molar-refractivity contribution in [3.8, 4) is 17.2 Å². The van der Waals surface area contributed by atoms with E-state index in [1.165, 1.54) is 33.5 Å². The van der Waals surface area contributed by atoms with Crippen LogP contribution in [0, 0.1) is 11.3 Å². The average molecular weight is 392 g/mol. The highest BCUT2D eigenvalue weighted by atomic mass is 15.0. The number of rotatable bonds is 7. The van der Waals surface area contributed by atoms with Gasteiger partial charge in [0.1, 0.15) is 0 Å². The van der Waals surface area contributed by atoms with E-state index in [2.05, 4.69) is 71.1 Å². The highest BCUT2D eigenvalue weighted by molar-refractivity contribution is 5.64. The first-order chi connectivity index (χ1) is 14.8. The van der Waals surface area contributed by atoms with Crippen LogP contribution in [0.5, 0.6) is 0 Å². The normalized spacial score (nSPS) is 10.7. The van der Waals surface area contributed by atoms with E-state index in [-0.39, 0.29) is 0 Å². The number of aryl methyl sites for hydroxylation is 1. The van der Waals surface area contributed by atoms with Crippen LogP contribution in [-0.2, 0) is 19.4 Å². The maximum absolute atomic E-state index is 8.99. The van der Waals surface area contributed by atoms with Crippen molar-refractivity contribution in [3.05, 3.63) is 113 Å².